The van der Waals surface area contributed by atoms with Gasteiger partial charge >= 0.3 is 0 Å². The molecule has 0 radical (unpaired) electrons. The lowest BCUT2D eigenvalue weighted by Gasteiger charge is -2.18. The molecular formula is C9H14N2O3. The predicted octanol–water partition coefficient (Wildman–Crippen LogP) is 0.846. The highest BCUT2D eigenvalue weighted by atomic mass is 16.5. The summed E-state index contributed by atoms with van der Waals surface area (Å²) in [4.78, 5) is 4.16. The van der Waals surface area contributed by atoms with Gasteiger partial charge in [-0.1, -0.05) is 5.16 Å². The van der Waals surface area contributed by atoms with Gasteiger partial charge in [0, 0.05) is 13.0 Å². The van der Waals surface area contributed by atoms with Crippen molar-refractivity contribution in [1.82, 2.24) is 10.1 Å². The van der Waals surface area contributed by atoms with Crippen LogP contribution in [0.25, 0.3) is 0 Å². The zero-order valence-electron chi connectivity index (χ0n) is 7.98. The molecular weight excluding hydrogens is 184 g/mol. The van der Waals surface area contributed by atoms with Gasteiger partial charge in [0.25, 0.3) is 5.89 Å². The minimum atomic E-state index is -0.0382. The van der Waals surface area contributed by atoms with E-state index in [1.807, 2.05) is 0 Å². The van der Waals surface area contributed by atoms with Gasteiger partial charge in [0.2, 0.25) is 0 Å². The van der Waals surface area contributed by atoms with Gasteiger partial charge in [0.1, 0.15) is 6.10 Å². The third-order valence-electron chi connectivity index (χ3n) is 2.27. The van der Waals surface area contributed by atoms with E-state index in [9.17, 15) is 0 Å². The van der Waals surface area contributed by atoms with E-state index in [4.69, 9.17) is 14.4 Å². The standard InChI is InChI=1S/C9H14N2O3/c12-5-4-8-10-9(14-11-8)7-3-1-2-6-13-7/h7,12H,1-6H2. The highest BCUT2D eigenvalue weighted by Gasteiger charge is 2.21. The minimum Gasteiger partial charge on any atom is -0.396 e. The van der Waals surface area contributed by atoms with Crippen LogP contribution in [-0.2, 0) is 11.2 Å². The number of hydrogen-bond acceptors (Lipinski definition) is 5. The molecule has 1 aromatic rings. The van der Waals surface area contributed by atoms with Gasteiger partial charge in [-0.05, 0) is 19.3 Å². The second-order valence-electron chi connectivity index (χ2n) is 3.38. The lowest BCUT2D eigenvalue weighted by atomic mass is 10.1. The smallest absolute Gasteiger partial charge is 0.255 e. The molecule has 1 aliphatic heterocycles. The lowest BCUT2D eigenvalue weighted by molar-refractivity contribution is -0.00459. The second-order valence-corrected chi connectivity index (χ2v) is 3.38. The molecule has 1 saturated heterocycles. The Bertz CT molecular complexity index is 281. The molecule has 0 aromatic carbocycles. The Labute approximate surface area is 82.1 Å². The molecule has 14 heavy (non-hydrogen) atoms. The Kier molecular flexibility index (Phi) is 3.10. The van der Waals surface area contributed by atoms with Gasteiger partial charge in [-0.2, -0.15) is 4.98 Å². The first-order valence-electron chi connectivity index (χ1n) is 4.95. The van der Waals surface area contributed by atoms with Crippen molar-refractivity contribution in [2.75, 3.05) is 13.2 Å². The molecule has 5 heteroatoms. The van der Waals surface area contributed by atoms with Crippen LogP contribution < -0.4 is 0 Å². The fraction of sp³-hybridized carbons (Fsp3) is 0.778. The number of ether oxygens (including phenoxy) is 1. The third-order valence-corrected chi connectivity index (χ3v) is 2.27. The monoisotopic (exact) mass is 198 g/mol. The molecule has 1 N–H and O–H groups in total. The molecule has 0 spiro atoms. The quantitative estimate of drug-likeness (QED) is 0.779. The molecule has 78 valence electrons. The van der Waals surface area contributed by atoms with E-state index in [2.05, 4.69) is 10.1 Å². The van der Waals surface area contributed by atoms with Crippen LogP contribution in [0.2, 0.25) is 0 Å². The lowest BCUT2D eigenvalue weighted by Crippen LogP contribution is -2.11. The molecule has 1 atom stereocenters. The third kappa shape index (κ3) is 2.10. The van der Waals surface area contributed by atoms with Crippen molar-refractivity contribution in [2.24, 2.45) is 0 Å². The summed E-state index contributed by atoms with van der Waals surface area (Å²) in [5.41, 5.74) is 0. The molecule has 1 unspecified atom stereocenters. The largest absolute Gasteiger partial charge is 0.396 e. The molecule has 2 heterocycles. The van der Waals surface area contributed by atoms with Crippen molar-refractivity contribution in [1.29, 1.82) is 0 Å². The number of nitrogens with zero attached hydrogens (tertiary/aromatic N) is 2. The molecule has 0 amide bonds. The number of hydrogen-bond donors (Lipinski definition) is 1. The molecule has 1 aliphatic rings. The van der Waals surface area contributed by atoms with Crippen LogP contribution in [0.3, 0.4) is 0 Å². The van der Waals surface area contributed by atoms with Crippen LogP contribution in [0.4, 0.5) is 0 Å². The maximum absolute atomic E-state index is 8.69. The first-order valence-corrected chi connectivity index (χ1v) is 4.95. The van der Waals surface area contributed by atoms with E-state index in [1.165, 1.54) is 0 Å². The van der Waals surface area contributed by atoms with E-state index >= 15 is 0 Å². The van der Waals surface area contributed by atoms with E-state index in [0.717, 1.165) is 25.9 Å². The molecule has 0 saturated carbocycles. The Morgan fingerprint density at radius 3 is 3.07 bits per heavy atom. The number of aromatic nitrogens is 2. The Morgan fingerprint density at radius 2 is 2.36 bits per heavy atom. The topological polar surface area (TPSA) is 68.4 Å². The highest BCUT2D eigenvalue weighted by Crippen LogP contribution is 2.26. The number of rotatable bonds is 3. The number of aliphatic hydroxyl groups excluding tert-OH is 1. The fourth-order valence-corrected chi connectivity index (χ4v) is 1.54. The molecule has 5 nitrogen and oxygen atoms in total. The number of aliphatic hydroxyl groups is 1. The summed E-state index contributed by atoms with van der Waals surface area (Å²) < 4.78 is 10.6. The molecule has 2 rings (SSSR count). The molecule has 0 aliphatic carbocycles. The molecule has 1 fully saturated rings. The van der Waals surface area contributed by atoms with Gasteiger partial charge in [0.05, 0.1) is 6.61 Å². The highest BCUT2D eigenvalue weighted by molar-refractivity contribution is 4.91. The van der Waals surface area contributed by atoms with Gasteiger partial charge in [-0.15, -0.1) is 0 Å². The summed E-state index contributed by atoms with van der Waals surface area (Å²) in [5, 5.41) is 12.4. The van der Waals surface area contributed by atoms with Crippen molar-refractivity contribution < 1.29 is 14.4 Å². The zero-order valence-corrected chi connectivity index (χ0v) is 7.98. The Morgan fingerprint density at radius 1 is 1.43 bits per heavy atom. The van der Waals surface area contributed by atoms with Crippen LogP contribution in [0.15, 0.2) is 4.52 Å². The predicted molar refractivity (Wildman–Crippen MR) is 47.6 cm³/mol. The van der Waals surface area contributed by atoms with Gasteiger partial charge in [-0.3, -0.25) is 0 Å². The maximum Gasteiger partial charge on any atom is 0.255 e. The molecule has 1 aromatic heterocycles. The van der Waals surface area contributed by atoms with Gasteiger partial charge in [-0.25, -0.2) is 0 Å². The summed E-state index contributed by atoms with van der Waals surface area (Å²) in [6.07, 6.45) is 3.59. The van der Waals surface area contributed by atoms with Crippen LogP contribution in [0.5, 0.6) is 0 Å². The van der Waals surface area contributed by atoms with Gasteiger partial charge < -0.3 is 14.4 Å². The summed E-state index contributed by atoms with van der Waals surface area (Å²) in [6.45, 7) is 0.812. The minimum absolute atomic E-state index is 0.0382. The zero-order chi connectivity index (χ0) is 9.80. The van der Waals surface area contributed by atoms with E-state index in [1.54, 1.807) is 0 Å². The summed E-state index contributed by atoms with van der Waals surface area (Å²) in [7, 11) is 0. The molecule has 0 bridgehead atoms. The van der Waals surface area contributed by atoms with Crippen LogP contribution >= 0.6 is 0 Å². The van der Waals surface area contributed by atoms with Crippen molar-refractivity contribution in [3.8, 4) is 0 Å². The first-order chi connectivity index (χ1) is 6.90. The van der Waals surface area contributed by atoms with E-state index in [-0.39, 0.29) is 12.7 Å². The maximum atomic E-state index is 8.69. The summed E-state index contributed by atoms with van der Waals surface area (Å²) in [6, 6.07) is 0. The van der Waals surface area contributed by atoms with Crippen LogP contribution in [0.1, 0.15) is 37.1 Å². The second kappa shape index (κ2) is 4.52. The van der Waals surface area contributed by atoms with Crippen molar-refractivity contribution >= 4 is 0 Å². The van der Waals surface area contributed by atoms with Crippen LogP contribution in [0, 0.1) is 0 Å². The van der Waals surface area contributed by atoms with Gasteiger partial charge in [0.15, 0.2) is 5.82 Å². The first kappa shape index (κ1) is 9.61. The average molecular weight is 198 g/mol. The van der Waals surface area contributed by atoms with Crippen molar-refractivity contribution in [2.45, 2.75) is 31.8 Å². The average Bonchev–Trinajstić information content (AvgIpc) is 2.68. The normalized spacial score (nSPS) is 22.5. The van der Waals surface area contributed by atoms with Crippen molar-refractivity contribution in [3.63, 3.8) is 0 Å². The Balaban J connectivity index is 2.00. The fourth-order valence-electron chi connectivity index (χ4n) is 1.54. The Hall–Kier alpha value is -0.940. The van der Waals surface area contributed by atoms with E-state index < -0.39 is 0 Å². The van der Waals surface area contributed by atoms with E-state index in [0.29, 0.717) is 18.1 Å². The van der Waals surface area contributed by atoms with Crippen LogP contribution in [-0.4, -0.2) is 28.5 Å². The summed E-state index contributed by atoms with van der Waals surface area (Å²) >= 11 is 0. The van der Waals surface area contributed by atoms with Crippen molar-refractivity contribution in [3.05, 3.63) is 11.7 Å². The summed E-state index contributed by atoms with van der Waals surface area (Å²) in [5.74, 6) is 1.10. The SMILES string of the molecule is OCCc1noc(C2CCCCO2)n1.